The lowest BCUT2D eigenvalue weighted by Gasteiger charge is -2.02. The lowest BCUT2D eigenvalue weighted by molar-refractivity contribution is 0.0995. The second-order valence-corrected chi connectivity index (χ2v) is 5.31. The van der Waals surface area contributed by atoms with Gasteiger partial charge in [-0.25, -0.2) is 4.39 Å². The first-order valence-electron chi connectivity index (χ1n) is 5.90. The quantitative estimate of drug-likeness (QED) is 0.790. The zero-order valence-electron chi connectivity index (χ0n) is 10.3. The van der Waals surface area contributed by atoms with E-state index in [1.807, 2.05) is 6.92 Å². The first-order chi connectivity index (χ1) is 9.11. The molecule has 0 aliphatic carbocycles. The van der Waals surface area contributed by atoms with E-state index in [2.05, 4.69) is 9.59 Å². The Morgan fingerprint density at radius 1 is 1.47 bits per heavy atom. The van der Waals surface area contributed by atoms with Crippen LogP contribution in [0.15, 0.2) is 18.2 Å². The van der Waals surface area contributed by atoms with E-state index in [-0.39, 0.29) is 17.2 Å². The van der Waals surface area contributed by atoms with Crippen LogP contribution in [-0.2, 0) is 12.8 Å². The summed E-state index contributed by atoms with van der Waals surface area (Å²) < 4.78 is 16.9. The van der Waals surface area contributed by atoms with Crippen molar-refractivity contribution in [1.29, 1.82) is 0 Å². The van der Waals surface area contributed by atoms with Crippen LogP contribution in [0.25, 0.3) is 0 Å². The average molecular weight is 299 g/mol. The Bertz CT molecular complexity index is 600. The third-order valence-corrected chi connectivity index (χ3v) is 3.74. The standard InChI is InChI=1S/C13H12ClFN2OS/c1-2-3-11-13(19-17-16-11)12(18)7-8-4-5-10(15)9(14)6-8/h4-6H,2-3,7H2,1H3. The number of hydrogen-bond acceptors (Lipinski definition) is 4. The van der Waals surface area contributed by atoms with Crippen molar-refractivity contribution < 1.29 is 9.18 Å². The largest absolute Gasteiger partial charge is 0.293 e. The molecule has 0 unspecified atom stereocenters. The van der Waals surface area contributed by atoms with Gasteiger partial charge in [-0.1, -0.05) is 35.5 Å². The van der Waals surface area contributed by atoms with E-state index in [4.69, 9.17) is 11.6 Å². The zero-order chi connectivity index (χ0) is 13.8. The van der Waals surface area contributed by atoms with E-state index in [0.29, 0.717) is 10.4 Å². The van der Waals surface area contributed by atoms with Gasteiger partial charge < -0.3 is 0 Å². The minimum Gasteiger partial charge on any atom is -0.293 e. The van der Waals surface area contributed by atoms with Gasteiger partial charge in [0.15, 0.2) is 5.78 Å². The van der Waals surface area contributed by atoms with Crippen molar-refractivity contribution in [3.05, 3.63) is 45.2 Å². The molecule has 0 saturated carbocycles. The molecule has 0 fully saturated rings. The van der Waals surface area contributed by atoms with E-state index in [1.54, 1.807) is 6.07 Å². The molecule has 0 amide bonds. The molecule has 1 heterocycles. The number of aromatic nitrogens is 2. The number of benzene rings is 1. The summed E-state index contributed by atoms with van der Waals surface area (Å²) in [6, 6.07) is 4.30. The fourth-order valence-electron chi connectivity index (χ4n) is 1.74. The Morgan fingerprint density at radius 2 is 2.26 bits per heavy atom. The third kappa shape index (κ3) is 3.36. The maximum Gasteiger partial charge on any atom is 0.180 e. The fraction of sp³-hybridized carbons (Fsp3) is 0.308. The van der Waals surface area contributed by atoms with E-state index in [0.717, 1.165) is 30.1 Å². The molecule has 0 spiro atoms. The van der Waals surface area contributed by atoms with Gasteiger partial charge >= 0.3 is 0 Å². The molecule has 0 radical (unpaired) electrons. The van der Waals surface area contributed by atoms with Crippen LogP contribution in [0.5, 0.6) is 0 Å². The van der Waals surface area contributed by atoms with Crippen molar-refractivity contribution in [3.63, 3.8) is 0 Å². The SMILES string of the molecule is CCCc1nnsc1C(=O)Cc1ccc(F)c(Cl)c1. The van der Waals surface area contributed by atoms with Crippen LogP contribution < -0.4 is 0 Å². The number of rotatable bonds is 5. The van der Waals surface area contributed by atoms with Gasteiger partial charge in [0, 0.05) is 6.42 Å². The molecule has 0 aliphatic rings. The van der Waals surface area contributed by atoms with Gasteiger partial charge in [0.1, 0.15) is 10.7 Å². The summed E-state index contributed by atoms with van der Waals surface area (Å²) in [5.41, 5.74) is 1.43. The summed E-state index contributed by atoms with van der Waals surface area (Å²) in [5, 5.41) is 3.99. The van der Waals surface area contributed by atoms with Crippen LogP contribution in [-0.4, -0.2) is 15.4 Å². The van der Waals surface area contributed by atoms with Gasteiger partial charge in [-0.05, 0) is 35.6 Å². The summed E-state index contributed by atoms with van der Waals surface area (Å²) >= 11 is 6.80. The van der Waals surface area contributed by atoms with Crippen molar-refractivity contribution in [2.75, 3.05) is 0 Å². The number of carbonyl (C=O) groups excluding carboxylic acids is 1. The number of nitrogens with zero attached hydrogens (tertiary/aromatic N) is 2. The van der Waals surface area contributed by atoms with Crippen molar-refractivity contribution >= 4 is 28.9 Å². The minimum atomic E-state index is -0.482. The second kappa shape index (κ2) is 6.21. The maximum atomic E-state index is 13.0. The van der Waals surface area contributed by atoms with Crippen LogP contribution in [0.4, 0.5) is 4.39 Å². The predicted molar refractivity (Wildman–Crippen MR) is 73.3 cm³/mol. The smallest absolute Gasteiger partial charge is 0.180 e. The second-order valence-electron chi connectivity index (χ2n) is 4.15. The molecule has 0 N–H and O–H groups in total. The fourth-order valence-corrected chi connectivity index (χ4v) is 2.58. The van der Waals surface area contributed by atoms with Crippen molar-refractivity contribution in [3.8, 4) is 0 Å². The Labute approximate surface area is 119 Å². The van der Waals surface area contributed by atoms with Gasteiger partial charge in [0.2, 0.25) is 0 Å². The summed E-state index contributed by atoms with van der Waals surface area (Å²) in [7, 11) is 0. The van der Waals surface area contributed by atoms with Gasteiger partial charge in [0.25, 0.3) is 0 Å². The molecule has 2 aromatic rings. The summed E-state index contributed by atoms with van der Waals surface area (Å²) in [5.74, 6) is -0.537. The highest BCUT2D eigenvalue weighted by Gasteiger charge is 2.16. The normalized spacial score (nSPS) is 10.7. The number of ketones is 1. The van der Waals surface area contributed by atoms with Crippen molar-refractivity contribution in [2.45, 2.75) is 26.2 Å². The number of Topliss-reactive ketones (excluding diaryl/α,β-unsaturated/α-hetero) is 1. The molecule has 1 aromatic heterocycles. The zero-order valence-corrected chi connectivity index (χ0v) is 11.9. The highest BCUT2D eigenvalue weighted by molar-refractivity contribution is 7.08. The lowest BCUT2D eigenvalue weighted by atomic mass is 10.1. The van der Waals surface area contributed by atoms with Gasteiger partial charge in [0.05, 0.1) is 10.7 Å². The Kier molecular flexibility index (Phi) is 4.61. The van der Waals surface area contributed by atoms with E-state index in [9.17, 15) is 9.18 Å². The Hall–Kier alpha value is -1.33. The third-order valence-electron chi connectivity index (χ3n) is 2.64. The van der Waals surface area contributed by atoms with Crippen LogP contribution in [0.1, 0.15) is 34.3 Å². The van der Waals surface area contributed by atoms with Crippen LogP contribution in [0.3, 0.4) is 0 Å². The molecule has 2 rings (SSSR count). The summed E-state index contributed by atoms with van der Waals surface area (Å²) in [6.45, 7) is 2.02. The summed E-state index contributed by atoms with van der Waals surface area (Å²) in [6.07, 6.45) is 1.83. The van der Waals surface area contributed by atoms with E-state index < -0.39 is 5.82 Å². The molecule has 0 bridgehead atoms. The Morgan fingerprint density at radius 3 is 2.95 bits per heavy atom. The molecule has 3 nitrogen and oxygen atoms in total. The van der Waals surface area contributed by atoms with Gasteiger partial charge in [-0.2, -0.15) is 0 Å². The molecule has 0 aliphatic heterocycles. The average Bonchev–Trinajstić information content (AvgIpc) is 2.83. The van der Waals surface area contributed by atoms with Gasteiger partial charge in [-0.15, -0.1) is 5.10 Å². The van der Waals surface area contributed by atoms with Crippen molar-refractivity contribution in [2.24, 2.45) is 0 Å². The van der Waals surface area contributed by atoms with Crippen LogP contribution in [0, 0.1) is 5.82 Å². The molecule has 0 saturated heterocycles. The van der Waals surface area contributed by atoms with Gasteiger partial charge in [-0.3, -0.25) is 4.79 Å². The topological polar surface area (TPSA) is 42.9 Å². The Balaban J connectivity index is 2.16. The highest BCUT2D eigenvalue weighted by Crippen LogP contribution is 2.19. The predicted octanol–water partition coefficient (Wildman–Crippen LogP) is 3.71. The first kappa shape index (κ1) is 14.1. The number of halogens is 2. The van der Waals surface area contributed by atoms with Crippen molar-refractivity contribution in [1.82, 2.24) is 9.59 Å². The molecule has 100 valence electrons. The van der Waals surface area contributed by atoms with E-state index >= 15 is 0 Å². The highest BCUT2D eigenvalue weighted by atomic mass is 35.5. The molecule has 0 atom stereocenters. The molecule has 19 heavy (non-hydrogen) atoms. The monoisotopic (exact) mass is 298 g/mol. The molecular formula is C13H12ClFN2OS. The lowest BCUT2D eigenvalue weighted by Crippen LogP contribution is -2.05. The summed E-state index contributed by atoms with van der Waals surface area (Å²) in [4.78, 5) is 12.7. The molecule has 6 heteroatoms. The van der Waals surface area contributed by atoms with E-state index in [1.165, 1.54) is 12.1 Å². The molecule has 1 aromatic carbocycles. The maximum absolute atomic E-state index is 13.0. The first-order valence-corrected chi connectivity index (χ1v) is 7.05. The number of aryl methyl sites for hydroxylation is 1. The van der Waals surface area contributed by atoms with Crippen LogP contribution >= 0.6 is 23.1 Å². The molecular weight excluding hydrogens is 287 g/mol. The van der Waals surface area contributed by atoms with Crippen LogP contribution in [0.2, 0.25) is 5.02 Å². The minimum absolute atomic E-state index is 0.0292. The number of carbonyl (C=O) groups is 1. The number of hydrogen-bond donors (Lipinski definition) is 0.